The van der Waals surface area contributed by atoms with Gasteiger partial charge in [-0.1, -0.05) is 48.5 Å². The van der Waals surface area contributed by atoms with Crippen molar-refractivity contribution in [2.24, 2.45) is 5.73 Å². The number of primary amides is 1. The van der Waals surface area contributed by atoms with Gasteiger partial charge < -0.3 is 10.5 Å². The van der Waals surface area contributed by atoms with Gasteiger partial charge in [0.25, 0.3) is 0 Å². The van der Waals surface area contributed by atoms with E-state index in [1.165, 1.54) is 22.2 Å². The minimum absolute atomic E-state index is 0.359. The summed E-state index contributed by atoms with van der Waals surface area (Å²) in [5.74, 6) is 0.633. The van der Waals surface area contributed by atoms with Gasteiger partial charge in [-0.2, -0.15) is 0 Å². The first-order valence-electron chi connectivity index (χ1n) is 11.5. The van der Waals surface area contributed by atoms with Crippen LogP contribution in [0.5, 0.6) is 11.6 Å². The number of ether oxygens (including phenoxy) is 1. The molecule has 6 heteroatoms. The fourth-order valence-electron chi connectivity index (χ4n) is 3.76. The Kier molecular flexibility index (Phi) is 8.43. The number of pyridine rings is 1. The maximum atomic E-state index is 11.2. The van der Waals surface area contributed by atoms with Gasteiger partial charge in [0.1, 0.15) is 5.75 Å². The predicted octanol–water partition coefficient (Wildman–Crippen LogP) is 5.71. The zero-order valence-corrected chi connectivity index (χ0v) is 19.9. The van der Waals surface area contributed by atoms with Gasteiger partial charge in [-0.25, -0.2) is 4.98 Å². The van der Waals surface area contributed by atoms with Gasteiger partial charge in [0.2, 0.25) is 11.8 Å². The number of nitrogens with zero attached hydrogens (tertiary/aromatic N) is 2. The molecule has 0 radical (unpaired) electrons. The summed E-state index contributed by atoms with van der Waals surface area (Å²) in [6.07, 6.45) is 4.68. The van der Waals surface area contributed by atoms with E-state index < -0.39 is 5.91 Å². The summed E-state index contributed by atoms with van der Waals surface area (Å²) >= 11 is 1.84. The Balaban J connectivity index is 1.31. The number of rotatable bonds is 12. The van der Waals surface area contributed by atoms with Crippen LogP contribution < -0.4 is 10.5 Å². The van der Waals surface area contributed by atoms with E-state index in [0.717, 1.165) is 38.9 Å². The molecule has 0 fully saturated rings. The molecule has 0 bridgehead atoms. The number of thiophene rings is 1. The van der Waals surface area contributed by atoms with Crippen molar-refractivity contribution in [1.29, 1.82) is 0 Å². The second-order valence-electron chi connectivity index (χ2n) is 8.19. The number of nitrogens with two attached hydrogens (primary N) is 1. The summed E-state index contributed by atoms with van der Waals surface area (Å²) in [7, 11) is 0. The Bertz CT molecular complexity index is 1140. The zero-order chi connectivity index (χ0) is 23.6. The monoisotopic (exact) mass is 471 g/mol. The Morgan fingerprint density at radius 2 is 1.71 bits per heavy atom. The van der Waals surface area contributed by atoms with E-state index in [2.05, 4.69) is 69.9 Å². The molecule has 34 heavy (non-hydrogen) atoms. The molecule has 0 spiro atoms. The van der Waals surface area contributed by atoms with Crippen molar-refractivity contribution in [3.05, 3.63) is 112 Å². The van der Waals surface area contributed by atoms with E-state index in [9.17, 15) is 4.79 Å². The first-order chi connectivity index (χ1) is 16.7. The van der Waals surface area contributed by atoms with Gasteiger partial charge in [-0.05, 0) is 66.6 Å². The molecule has 174 valence electrons. The summed E-state index contributed by atoms with van der Waals surface area (Å²) in [6, 6.07) is 26.4. The molecule has 2 heterocycles. The van der Waals surface area contributed by atoms with Crippen LogP contribution in [0, 0.1) is 0 Å². The van der Waals surface area contributed by atoms with E-state index in [-0.39, 0.29) is 0 Å². The number of benzene rings is 2. The standard InChI is InChI=1S/C28H29N3O2S/c29-28(32)24-12-15-27(30-20-24)33-25-13-10-22(11-14-25)16-18-31(21-23-6-2-1-3-7-23)17-4-8-26-9-5-19-34-26/h1-3,5-7,9-15,19-20H,4,8,16-18,21H2,(H2,29,32). The highest BCUT2D eigenvalue weighted by atomic mass is 32.1. The lowest BCUT2D eigenvalue weighted by Crippen LogP contribution is -2.27. The number of carbonyl (C=O) groups is 1. The zero-order valence-electron chi connectivity index (χ0n) is 19.1. The molecule has 5 nitrogen and oxygen atoms in total. The van der Waals surface area contributed by atoms with Crippen LogP contribution >= 0.6 is 11.3 Å². The Labute approximate surface area is 204 Å². The highest BCUT2D eigenvalue weighted by Gasteiger charge is 2.08. The molecule has 0 aliphatic carbocycles. The van der Waals surface area contributed by atoms with Crippen LogP contribution in [-0.4, -0.2) is 28.9 Å². The summed E-state index contributed by atoms with van der Waals surface area (Å²) < 4.78 is 5.79. The molecule has 0 atom stereocenters. The SMILES string of the molecule is NC(=O)c1ccc(Oc2ccc(CCN(CCCc3cccs3)Cc3ccccc3)cc2)nc1. The van der Waals surface area contributed by atoms with E-state index in [0.29, 0.717) is 17.2 Å². The van der Waals surface area contributed by atoms with Gasteiger partial charge >= 0.3 is 0 Å². The maximum Gasteiger partial charge on any atom is 0.250 e. The lowest BCUT2D eigenvalue weighted by Gasteiger charge is -2.22. The molecule has 1 amide bonds. The first kappa shape index (κ1) is 23.7. The van der Waals surface area contributed by atoms with Gasteiger partial charge in [-0.3, -0.25) is 9.69 Å². The number of aryl methyl sites for hydroxylation is 1. The van der Waals surface area contributed by atoms with Crippen LogP contribution in [-0.2, 0) is 19.4 Å². The molecule has 0 saturated heterocycles. The maximum absolute atomic E-state index is 11.2. The van der Waals surface area contributed by atoms with Crippen molar-refractivity contribution in [3.63, 3.8) is 0 Å². The number of amides is 1. The predicted molar refractivity (Wildman–Crippen MR) is 137 cm³/mol. The lowest BCUT2D eigenvalue weighted by atomic mass is 10.1. The number of hydrogen-bond acceptors (Lipinski definition) is 5. The third-order valence-electron chi connectivity index (χ3n) is 5.61. The topological polar surface area (TPSA) is 68.5 Å². The lowest BCUT2D eigenvalue weighted by molar-refractivity contribution is 0.1000. The second-order valence-corrected chi connectivity index (χ2v) is 9.22. The summed E-state index contributed by atoms with van der Waals surface area (Å²) in [4.78, 5) is 19.3. The van der Waals surface area contributed by atoms with Crippen LogP contribution in [0.1, 0.15) is 32.8 Å². The summed E-state index contributed by atoms with van der Waals surface area (Å²) in [5.41, 5.74) is 8.22. The highest BCUT2D eigenvalue weighted by molar-refractivity contribution is 7.09. The van der Waals surface area contributed by atoms with Crippen molar-refractivity contribution >= 4 is 17.2 Å². The molecule has 4 rings (SSSR count). The molecular formula is C28H29N3O2S. The molecule has 0 saturated carbocycles. The van der Waals surface area contributed by atoms with E-state index in [4.69, 9.17) is 10.5 Å². The van der Waals surface area contributed by atoms with Gasteiger partial charge in [0.15, 0.2) is 0 Å². The smallest absolute Gasteiger partial charge is 0.250 e. The average molecular weight is 472 g/mol. The normalized spacial score (nSPS) is 11.0. The molecular weight excluding hydrogens is 442 g/mol. The fraction of sp³-hybridized carbons (Fsp3) is 0.214. The minimum atomic E-state index is -0.503. The largest absolute Gasteiger partial charge is 0.439 e. The fourth-order valence-corrected chi connectivity index (χ4v) is 4.51. The third kappa shape index (κ3) is 7.27. The van der Waals surface area contributed by atoms with Gasteiger partial charge in [-0.15, -0.1) is 11.3 Å². The number of hydrogen-bond donors (Lipinski definition) is 1. The Morgan fingerprint density at radius 1 is 0.882 bits per heavy atom. The molecule has 2 aromatic carbocycles. The average Bonchev–Trinajstić information content (AvgIpc) is 3.38. The quantitative estimate of drug-likeness (QED) is 0.287. The molecule has 4 aromatic rings. The molecule has 0 unspecified atom stereocenters. The van der Waals surface area contributed by atoms with Crippen molar-refractivity contribution in [3.8, 4) is 11.6 Å². The number of carbonyl (C=O) groups excluding carboxylic acids is 1. The minimum Gasteiger partial charge on any atom is -0.439 e. The first-order valence-corrected chi connectivity index (χ1v) is 12.3. The number of aromatic nitrogens is 1. The molecule has 2 N–H and O–H groups in total. The van der Waals surface area contributed by atoms with Crippen molar-refractivity contribution in [2.75, 3.05) is 13.1 Å². The van der Waals surface area contributed by atoms with Crippen LogP contribution in [0.3, 0.4) is 0 Å². The summed E-state index contributed by atoms with van der Waals surface area (Å²) in [6.45, 7) is 3.02. The van der Waals surface area contributed by atoms with Crippen LogP contribution in [0.2, 0.25) is 0 Å². The third-order valence-corrected chi connectivity index (χ3v) is 6.55. The Hall–Kier alpha value is -3.48. The highest BCUT2D eigenvalue weighted by Crippen LogP contribution is 2.20. The second kappa shape index (κ2) is 12.1. The molecule has 2 aromatic heterocycles. The molecule has 0 aliphatic rings. The van der Waals surface area contributed by atoms with Crippen molar-refractivity contribution in [1.82, 2.24) is 9.88 Å². The van der Waals surface area contributed by atoms with E-state index >= 15 is 0 Å². The molecule has 0 aliphatic heterocycles. The van der Waals surface area contributed by atoms with Gasteiger partial charge in [0.05, 0.1) is 5.56 Å². The van der Waals surface area contributed by atoms with E-state index in [1.54, 1.807) is 12.1 Å². The van der Waals surface area contributed by atoms with E-state index in [1.807, 2.05) is 23.5 Å². The van der Waals surface area contributed by atoms with Gasteiger partial charge in [0, 0.05) is 30.2 Å². The van der Waals surface area contributed by atoms with Crippen LogP contribution in [0.4, 0.5) is 0 Å². The Morgan fingerprint density at radius 3 is 2.38 bits per heavy atom. The summed E-state index contributed by atoms with van der Waals surface area (Å²) in [5, 5.41) is 2.15. The van der Waals surface area contributed by atoms with Crippen molar-refractivity contribution < 1.29 is 9.53 Å². The van der Waals surface area contributed by atoms with Crippen LogP contribution in [0.25, 0.3) is 0 Å². The van der Waals surface area contributed by atoms with Crippen LogP contribution in [0.15, 0.2) is 90.4 Å². The van der Waals surface area contributed by atoms with Crippen molar-refractivity contribution in [2.45, 2.75) is 25.8 Å².